The fourth-order valence-electron chi connectivity index (χ4n) is 5.57. The van der Waals surface area contributed by atoms with Crippen molar-refractivity contribution >= 4 is 29.1 Å². The number of carbonyl (C=O) groups is 3. The Bertz CT molecular complexity index is 1520. The number of nitrogens with one attached hydrogen (secondary N) is 2. The molecule has 3 aromatic carbocycles. The van der Waals surface area contributed by atoms with Gasteiger partial charge in [-0.15, -0.1) is 0 Å². The van der Waals surface area contributed by atoms with Crippen LogP contribution in [0.25, 0.3) is 0 Å². The smallest absolute Gasteiger partial charge is 0.255 e. The highest BCUT2D eigenvalue weighted by Gasteiger charge is 2.26. The van der Waals surface area contributed by atoms with Crippen molar-refractivity contribution in [3.05, 3.63) is 89.0 Å². The quantitative estimate of drug-likeness (QED) is 0.386. The average molecular weight is 581 g/mol. The average Bonchev–Trinajstić information content (AvgIpc) is 3.05. The molecule has 0 unspecified atom stereocenters. The molecule has 3 aromatic rings. The lowest BCUT2D eigenvalue weighted by Gasteiger charge is -2.37. The number of nitriles is 1. The van der Waals surface area contributed by atoms with E-state index in [0.29, 0.717) is 59.9 Å². The summed E-state index contributed by atoms with van der Waals surface area (Å²) in [4.78, 5) is 43.5. The van der Waals surface area contributed by atoms with E-state index < -0.39 is 0 Å². The zero-order valence-corrected chi connectivity index (χ0v) is 24.2. The fourth-order valence-corrected chi connectivity index (χ4v) is 5.57. The summed E-state index contributed by atoms with van der Waals surface area (Å²) in [6, 6.07) is 21.1. The molecule has 4 N–H and O–H groups in total. The van der Waals surface area contributed by atoms with Gasteiger partial charge in [-0.2, -0.15) is 5.26 Å². The summed E-state index contributed by atoms with van der Waals surface area (Å²) < 4.78 is 5.27. The van der Waals surface area contributed by atoms with Crippen LogP contribution in [0, 0.1) is 11.3 Å². The Morgan fingerprint density at radius 3 is 2.23 bits per heavy atom. The summed E-state index contributed by atoms with van der Waals surface area (Å²) in [5, 5.41) is 15.2. The molecule has 1 saturated carbocycles. The molecule has 10 nitrogen and oxygen atoms in total. The number of anilines is 2. The molecule has 43 heavy (non-hydrogen) atoms. The predicted molar refractivity (Wildman–Crippen MR) is 164 cm³/mol. The Labute approximate surface area is 251 Å². The molecule has 0 radical (unpaired) electrons. The number of nitrogens with zero attached hydrogens (tertiary/aromatic N) is 3. The van der Waals surface area contributed by atoms with Crippen LogP contribution >= 0.6 is 0 Å². The van der Waals surface area contributed by atoms with E-state index in [1.807, 2.05) is 6.07 Å². The molecule has 0 spiro atoms. The van der Waals surface area contributed by atoms with Crippen LogP contribution in [0.2, 0.25) is 0 Å². The van der Waals surface area contributed by atoms with Crippen LogP contribution in [0.3, 0.4) is 0 Å². The maximum absolute atomic E-state index is 13.2. The standard InChI is InChI=1S/C33H36N6O4/c1-43-28-4-2-3-25(19-28)33(42)39-17-15-38(16-18-39)30-14-9-24(32(41)36-27-12-10-26(35)11-13-27)20-29(30)37-31(40)23-7-5-22(21-34)6-8-23/h2-9,14,19-20,26-27H,10-13,15-18,35H2,1H3,(H,36,41)(H,37,40). The number of rotatable bonds is 7. The molecule has 2 fully saturated rings. The number of piperazine rings is 1. The first-order valence-electron chi connectivity index (χ1n) is 14.5. The van der Waals surface area contributed by atoms with Crippen molar-refractivity contribution in [2.45, 2.75) is 37.8 Å². The van der Waals surface area contributed by atoms with Crippen LogP contribution < -0.4 is 26.0 Å². The van der Waals surface area contributed by atoms with E-state index in [1.165, 1.54) is 0 Å². The first-order chi connectivity index (χ1) is 20.8. The fraction of sp³-hybridized carbons (Fsp3) is 0.333. The van der Waals surface area contributed by atoms with Crippen LogP contribution in [-0.4, -0.2) is 68.0 Å². The van der Waals surface area contributed by atoms with E-state index in [4.69, 9.17) is 15.7 Å². The van der Waals surface area contributed by atoms with Crippen molar-refractivity contribution in [3.8, 4) is 11.8 Å². The molecule has 1 saturated heterocycles. The summed E-state index contributed by atoms with van der Waals surface area (Å²) >= 11 is 0. The maximum Gasteiger partial charge on any atom is 0.255 e. The van der Waals surface area contributed by atoms with Gasteiger partial charge < -0.3 is 30.9 Å². The summed E-state index contributed by atoms with van der Waals surface area (Å²) in [6.07, 6.45) is 3.43. The van der Waals surface area contributed by atoms with Gasteiger partial charge >= 0.3 is 0 Å². The Hall–Kier alpha value is -4.88. The molecule has 0 aromatic heterocycles. The maximum atomic E-state index is 13.2. The van der Waals surface area contributed by atoms with Gasteiger partial charge in [-0.3, -0.25) is 14.4 Å². The Balaban J connectivity index is 1.34. The van der Waals surface area contributed by atoms with Gasteiger partial charge in [0.1, 0.15) is 5.75 Å². The van der Waals surface area contributed by atoms with Crippen LogP contribution in [-0.2, 0) is 0 Å². The normalized spacial score (nSPS) is 18.3. The molecule has 1 heterocycles. The number of carbonyl (C=O) groups excluding carboxylic acids is 3. The van der Waals surface area contributed by atoms with E-state index in [0.717, 1.165) is 31.4 Å². The topological polar surface area (TPSA) is 141 Å². The first kappa shape index (κ1) is 29.6. The lowest BCUT2D eigenvalue weighted by molar-refractivity contribution is 0.0746. The molecule has 3 amide bonds. The largest absolute Gasteiger partial charge is 0.497 e. The molecule has 0 atom stereocenters. The van der Waals surface area contributed by atoms with Gasteiger partial charge in [0.15, 0.2) is 0 Å². The highest BCUT2D eigenvalue weighted by atomic mass is 16.5. The van der Waals surface area contributed by atoms with Gasteiger partial charge in [0.2, 0.25) is 0 Å². The minimum atomic E-state index is -0.351. The van der Waals surface area contributed by atoms with E-state index in [9.17, 15) is 14.4 Å². The zero-order valence-electron chi connectivity index (χ0n) is 24.2. The van der Waals surface area contributed by atoms with Crippen LogP contribution in [0.4, 0.5) is 11.4 Å². The van der Waals surface area contributed by atoms with Gasteiger partial charge in [0.05, 0.1) is 30.1 Å². The molecule has 0 bridgehead atoms. The number of hydrogen-bond acceptors (Lipinski definition) is 7. The molecule has 1 aliphatic carbocycles. The van der Waals surface area contributed by atoms with Crippen LogP contribution in [0.1, 0.15) is 62.3 Å². The van der Waals surface area contributed by atoms with Gasteiger partial charge in [0.25, 0.3) is 17.7 Å². The Morgan fingerprint density at radius 2 is 1.56 bits per heavy atom. The predicted octanol–water partition coefficient (Wildman–Crippen LogP) is 3.78. The second-order valence-corrected chi connectivity index (χ2v) is 11.0. The van der Waals surface area contributed by atoms with E-state index in [-0.39, 0.29) is 29.8 Å². The summed E-state index contributed by atoms with van der Waals surface area (Å²) in [6.45, 7) is 2.07. The lowest BCUT2D eigenvalue weighted by atomic mass is 9.91. The first-order valence-corrected chi connectivity index (χ1v) is 14.5. The Morgan fingerprint density at radius 1 is 0.860 bits per heavy atom. The molecular weight excluding hydrogens is 544 g/mol. The summed E-state index contributed by atoms with van der Waals surface area (Å²) in [7, 11) is 1.57. The molecule has 10 heteroatoms. The number of benzene rings is 3. The minimum absolute atomic E-state index is 0.0661. The second-order valence-electron chi connectivity index (χ2n) is 11.0. The minimum Gasteiger partial charge on any atom is -0.497 e. The lowest BCUT2D eigenvalue weighted by Crippen LogP contribution is -2.49. The highest BCUT2D eigenvalue weighted by Crippen LogP contribution is 2.30. The van der Waals surface area contributed by atoms with E-state index in [1.54, 1.807) is 72.7 Å². The third-order valence-electron chi connectivity index (χ3n) is 8.11. The van der Waals surface area contributed by atoms with Gasteiger partial charge in [-0.05, 0) is 86.3 Å². The molecule has 1 aliphatic heterocycles. The van der Waals surface area contributed by atoms with Crippen LogP contribution in [0.5, 0.6) is 5.75 Å². The molecule has 5 rings (SSSR count). The molecule has 2 aliphatic rings. The highest BCUT2D eigenvalue weighted by molar-refractivity contribution is 6.07. The molecule has 222 valence electrons. The molecular formula is C33H36N6O4. The second kappa shape index (κ2) is 13.4. The zero-order chi connectivity index (χ0) is 30.3. The Kier molecular flexibility index (Phi) is 9.23. The SMILES string of the molecule is COc1cccc(C(=O)N2CCN(c3ccc(C(=O)NC4CCC(N)CC4)cc3NC(=O)c3ccc(C#N)cc3)CC2)c1. The summed E-state index contributed by atoms with van der Waals surface area (Å²) in [5.74, 6) is 0.0119. The van der Waals surface area contributed by atoms with Crippen molar-refractivity contribution in [1.29, 1.82) is 5.26 Å². The number of hydrogen-bond donors (Lipinski definition) is 3. The van der Waals surface area contributed by atoms with Crippen molar-refractivity contribution < 1.29 is 19.1 Å². The number of amides is 3. The van der Waals surface area contributed by atoms with E-state index >= 15 is 0 Å². The third-order valence-corrected chi connectivity index (χ3v) is 8.11. The summed E-state index contributed by atoms with van der Waals surface area (Å²) in [5.41, 5.74) is 9.15. The van der Waals surface area contributed by atoms with Crippen molar-refractivity contribution in [3.63, 3.8) is 0 Å². The van der Waals surface area contributed by atoms with Crippen molar-refractivity contribution in [2.75, 3.05) is 43.5 Å². The van der Waals surface area contributed by atoms with Gasteiger partial charge in [-0.25, -0.2) is 0 Å². The van der Waals surface area contributed by atoms with E-state index in [2.05, 4.69) is 21.6 Å². The third kappa shape index (κ3) is 7.13. The number of methoxy groups -OCH3 is 1. The van der Waals surface area contributed by atoms with Gasteiger partial charge in [0, 0.05) is 55.0 Å². The van der Waals surface area contributed by atoms with Crippen molar-refractivity contribution in [1.82, 2.24) is 10.2 Å². The number of ether oxygens (including phenoxy) is 1. The van der Waals surface area contributed by atoms with Crippen LogP contribution in [0.15, 0.2) is 66.7 Å². The monoisotopic (exact) mass is 580 g/mol. The number of nitrogens with two attached hydrogens (primary N) is 1. The van der Waals surface area contributed by atoms with Crippen molar-refractivity contribution in [2.24, 2.45) is 5.73 Å². The van der Waals surface area contributed by atoms with Gasteiger partial charge in [-0.1, -0.05) is 6.07 Å².